The maximum absolute atomic E-state index is 2.54. The molecule has 0 fully saturated rings. The van der Waals surface area contributed by atoms with Gasteiger partial charge in [-0.1, -0.05) is 109 Å². The number of hydrogen-bond donors (Lipinski definition) is 0. The van der Waals surface area contributed by atoms with Gasteiger partial charge in [-0.25, -0.2) is 0 Å². The Morgan fingerprint density at radius 3 is 1.63 bits per heavy atom. The molecule has 0 radical (unpaired) electrons. The summed E-state index contributed by atoms with van der Waals surface area (Å²) < 4.78 is 0. The number of rotatable bonds is 5. The Balaban J connectivity index is 1.35. The highest BCUT2D eigenvalue weighted by Gasteiger charge is 2.45. The molecule has 0 amide bonds. The number of benzene rings is 8. The smallest absolute Gasteiger partial charge is 0.252 e. The topological polar surface area (TPSA) is 9.72 Å². The SMILES string of the molecule is Cc1cc(C)cc(N2c3cccc4c3B(c3cc(C)cc(C)c32)c2c(cc(N(c3ccccc3)c3ccccc3)c3ccccc23)N4c2ccccc2)c1. The van der Waals surface area contributed by atoms with Crippen LogP contribution in [0, 0.1) is 27.7 Å². The molecule has 2 heterocycles. The van der Waals surface area contributed by atoms with Gasteiger partial charge < -0.3 is 14.7 Å². The maximum Gasteiger partial charge on any atom is 0.252 e. The number of nitrogens with zero attached hydrogens (tertiary/aromatic N) is 3. The molecule has 0 atom stereocenters. The Labute approximate surface area is 318 Å². The number of aryl methyl sites for hydroxylation is 4. The monoisotopic (exact) mass is 693 g/mol. The molecule has 0 saturated carbocycles. The second kappa shape index (κ2) is 12.6. The molecule has 10 rings (SSSR count). The minimum absolute atomic E-state index is 0.0165. The van der Waals surface area contributed by atoms with Gasteiger partial charge in [0.05, 0.1) is 5.69 Å². The first-order valence-corrected chi connectivity index (χ1v) is 18.9. The normalized spacial score (nSPS) is 12.7. The quantitative estimate of drug-likeness (QED) is 0.166. The lowest BCUT2D eigenvalue weighted by molar-refractivity contribution is 1.21. The van der Waals surface area contributed by atoms with E-state index in [2.05, 4.69) is 212 Å². The van der Waals surface area contributed by atoms with E-state index in [0.717, 1.165) is 22.7 Å². The van der Waals surface area contributed by atoms with Crippen LogP contribution in [-0.2, 0) is 0 Å². The predicted octanol–water partition coefficient (Wildman–Crippen LogP) is 11.6. The molecule has 3 nitrogen and oxygen atoms in total. The fourth-order valence-electron chi connectivity index (χ4n) is 9.27. The van der Waals surface area contributed by atoms with E-state index in [9.17, 15) is 0 Å². The van der Waals surface area contributed by atoms with E-state index in [1.807, 2.05) is 0 Å². The molecule has 2 aliphatic rings. The first-order chi connectivity index (χ1) is 26.5. The summed E-state index contributed by atoms with van der Waals surface area (Å²) in [5.41, 5.74) is 19.8. The molecule has 2 aliphatic heterocycles. The van der Waals surface area contributed by atoms with Crippen LogP contribution in [0.5, 0.6) is 0 Å². The Morgan fingerprint density at radius 2 is 0.981 bits per heavy atom. The second-order valence-corrected chi connectivity index (χ2v) is 14.9. The van der Waals surface area contributed by atoms with Gasteiger partial charge in [0, 0.05) is 50.9 Å². The summed E-state index contributed by atoms with van der Waals surface area (Å²) in [6.07, 6.45) is 0. The van der Waals surface area contributed by atoms with Crippen LogP contribution in [0.15, 0.2) is 170 Å². The van der Waals surface area contributed by atoms with Gasteiger partial charge >= 0.3 is 0 Å². The van der Waals surface area contributed by atoms with E-state index in [0.29, 0.717) is 0 Å². The third kappa shape index (κ3) is 4.98. The van der Waals surface area contributed by atoms with Crippen LogP contribution in [0.2, 0.25) is 0 Å². The van der Waals surface area contributed by atoms with Crippen LogP contribution in [0.25, 0.3) is 10.8 Å². The van der Waals surface area contributed by atoms with Gasteiger partial charge in [-0.2, -0.15) is 0 Å². The maximum atomic E-state index is 2.54. The van der Waals surface area contributed by atoms with Crippen LogP contribution in [0.3, 0.4) is 0 Å². The molecule has 0 unspecified atom stereocenters. The number of para-hydroxylation sites is 3. The van der Waals surface area contributed by atoms with E-state index in [1.54, 1.807) is 0 Å². The first kappa shape index (κ1) is 32.2. The van der Waals surface area contributed by atoms with Gasteiger partial charge in [-0.3, -0.25) is 0 Å². The van der Waals surface area contributed by atoms with Crippen molar-refractivity contribution in [3.63, 3.8) is 0 Å². The Hall–Kier alpha value is -6.52. The third-order valence-corrected chi connectivity index (χ3v) is 11.2. The lowest BCUT2D eigenvalue weighted by Gasteiger charge is -2.45. The Morgan fingerprint density at radius 1 is 0.426 bits per heavy atom. The average molecular weight is 694 g/mol. The lowest BCUT2D eigenvalue weighted by Crippen LogP contribution is -2.61. The molecule has 54 heavy (non-hydrogen) atoms. The van der Waals surface area contributed by atoms with Gasteiger partial charge in [0.15, 0.2) is 0 Å². The van der Waals surface area contributed by atoms with Crippen molar-refractivity contribution in [2.75, 3.05) is 14.7 Å². The molecule has 8 aromatic rings. The van der Waals surface area contributed by atoms with Crippen molar-refractivity contribution in [1.82, 2.24) is 0 Å². The average Bonchev–Trinajstić information content (AvgIpc) is 3.19. The molecule has 0 spiro atoms. The molecular weight excluding hydrogens is 653 g/mol. The number of hydrogen-bond acceptors (Lipinski definition) is 3. The van der Waals surface area contributed by atoms with Crippen LogP contribution < -0.4 is 31.1 Å². The number of anilines is 9. The van der Waals surface area contributed by atoms with Crippen LogP contribution >= 0.6 is 0 Å². The molecule has 0 aliphatic carbocycles. The van der Waals surface area contributed by atoms with Crippen molar-refractivity contribution in [2.45, 2.75) is 27.7 Å². The molecule has 4 heteroatoms. The van der Waals surface area contributed by atoms with Crippen molar-refractivity contribution < 1.29 is 0 Å². The largest absolute Gasteiger partial charge is 0.311 e. The van der Waals surface area contributed by atoms with Gasteiger partial charge in [-0.05, 0) is 133 Å². The molecule has 0 aromatic heterocycles. The summed E-state index contributed by atoms with van der Waals surface area (Å²) in [6.45, 7) is 8.96. The van der Waals surface area contributed by atoms with Crippen LogP contribution in [0.1, 0.15) is 22.3 Å². The molecular formula is C50H40BN3. The molecule has 0 N–H and O–H groups in total. The standard InChI is InChI=1S/C50H40BN3/c1-33-27-34(2)30-40(29-33)54-45-26-16-25-44-49(45)51(43-31-35(3)28-36(4)50(43)54)48-42-24-15-14-23-41(42)46(32-47(48)53(44)39-21-12-7-13-22-39)52(37-17-8-5-9-18-37)38-19-10-6-11-20-38/h5-32H,1-4H3. The molecule has 258 valence electrons. The first-order valence-electron chi connectivity index (χ1n) is 18.9. The highest BCUT2D eigenvalue weighted by atomic mass is 15.2. The van der Waals surface area contributed by atoms with Gasteiger partial charge in [0.2, 0.25) is 0 Å². The highest BCUT2D eigenvalue weighted by Crippen LogP contribution is 2.48. The second-order valence-electron chi connectivity index (χ2n) is 14.9. The number of fused-ring (bicyclic) bond motifs is 6. The van der Waals surface area contributed by atoms with E-state index in [-0.39, 0.29) is 6.71 Å². The van der Waals surface area contributed by atoms with Crippen molar-refractivity contribution in [2.24, 2.45) is 0 Å². The Bertz CT molecular complexity index is 2670. The van der Waals surface area contributed by atoms with Crippen molar-refractivity contribution >= 4 is 85.1 Å². The third-order valence-electron chi connectivity index (χ3n) is 11.2. The summed E-state index contributed by atoms with van der Waals surface area (Å²) in [7, 11) is 0. The highest BCUT2D eigenvalue weighted by molar-refractivity contribution is 7.01. The zero-order chi connectivity index (χ0) is 36.5. The molecule has 0 saturated heterocycles. The van der Waals surface area contributed by atoms with Gasteiger partial charge in [-0.15, -0.1) is 0 Å². The van der Waals surface area contributed by atoms with Gasteiger partial charge in [0.25, 0.3) is 6.71 Å². The van der Waals surface area contributed by atoms with E-state index in [4.69, 9.17) is 0 Å². The zero-order valence-electron chi connectivity index (χ0n) is 31.1. The minimum atomic E-state index is 0.0165. The summed E-state index contributed by atoms with van der Waals surface area (Å²) in [5.74, 6) is 0. The fraction of sp³-hybridized carbons (Fsp3) is 0.0800. The van der Waals surface area contributed by atoms with Gasteiger partial charge in [0.1, 0.15) is 0 Å². The van der Waals surface area contributed by atoms with E-state index < -0.39 is 0 Å². The lowest BCUT2D eigenvalue weighted by atomic mass is 9.32. The van der Waals surface area contributed by atoms with Crippen LogP contribution in [-0.4, -0.2) is 6.71 Å². The summed E-state index contributed by atoms with van der Waals surface area (Å²) in [6, 6.07) is 62.6. The summed E-state index contributed by atoms with van der Waals surface area (Å²) in [4.78, 5) is 7.47. The Kier molecular flexibility index (Phi) is 7.48. The summed E-state index contributed by atoms with van der Waals surface area (Å²) in [5, 5.41) is 2.48. The van der Waals surface area contributed by atoms with Crippen molar-refractivity contribution in [3.05, 3.63) is 192 Å². The van der Waals surface area contributed by atoms with Crippen LogP contribution in [0.4, 0.5) is 51.2 Å². The zero-order valence-corrected chi connectivity index (χ0v) is 31.1. The molecule has 8 aromatic carbocycles. The minimum Gasteiger partial charge on any atom is -0.311 e. The van der Waals surface area contributed by atoms with E-state index in [1.165, 1.54) is 77.9 Å². The predicted molar refractivity (Wildman–Crippen MR) is 232 cm³/mol. The van der Waals surface area contributed by atoms with Crippen molar-refractivity contribution in [1.29, 1.82) is 0 Å². The summed E-state index contributed by atoms with van der Waals surface area (Å²) >= 11 is 0. The molecule has 0 bridgehead atoms. The van der Waals surface area contributed by atoms with E-state index >= 15 is 0 Å². The van der Waals surface area contributed by atoms with Crippen molar-refractivity contribution in [3.8, 4) is 0 Å². The fourth-order valence-corrected chi connectivity index (χ4v) is 9.27.